The summed E-state index contributed by atoms with van der Waals surface area (Å²) in [6.07, 6.45) is 6.31. The minimum Gasteiger partial charge on any atom is -0.383 e. The molecular formula is C15H30N4O. The van der Waals surface area contributed by atoms with Crippen LogP contribution in [0.1, 0.15) is 45.2 Å². The van der Waals surface area contributed by atoms with Gasteiger partial charge in [-0.25, -0.2) is 0 Å². The van der Waals surface area contributed by atoms with Gasteiger partial charge in [0.1, 0.15) is 0 Å². The zero-order valence-electron chi connectivity index (χ0n) is 13.4. The van der Waals surface area contributed by atoms with Crippen molar-refractivity contribution in [1.82, 2.24) is 14.7 Å². The molecule has 2 N–H and O–H groups in total. The van der Waals surface area contributed by atoms with E-state index in [1.54, 1.807) is 7.11 Å². The molecule has 116 valence electrons. The molecule has 0 radical (unpaired) electrons. The average Bonchev–Trinajstić information content (AvgIpc) is 2.94. The van der Waals surface area contributed by atoms with Gasteiger partial charge in [0.25, 0.3) is 0 Å². The van der Waals surface area contributed by atoms with Crippen LogP contribution in [0, 0.1) is 0 Å². The molecule has 1 atom stereocenters. The Morgan fingerprint density at radius 1 is 1.35 bits per heavy atom. The molecule has 0 spiro atoms. The molecule has 0 aliphatic carbocycles. The van der Waals surface area contributed by atoms with Gasteiger partial charge in [0.2, 0.25) is 0 Å². The molecule has 20 heavy (non-hydrogen) atoms. The Balaban J connectivity index is 2.93. The molecule has 0 fully saturated rings. The summed E-state index contributed by atoms with van der Waals surface area (Å²) < 4.78 is 7.22. The quantitative estimate of drug-likeness (QED) is 0.713. The van der Waals surface area contributed by atoms with E-state index in [2.05, 4.69) is 37.0 Å². The van der Waals surface area contributed by atoms with Crippen molar-refractivity contribution in [3.63, 3.8) is 0 Å². The van der Waals surface area contributed by atoms with E-state index >= 15 is 0 Å². The summed E-state index contributed by atoms with van der Waals surface area (Å²) in [5.41, 5.74) is 7.26. The van der Waals surface area contributed by atoms with E-state index in [-0.39, 0.29) is 6.04 Å². The Morgan fingerprint density at radius 2 is 2.05 bits per heavy atom. The van der Waals surface area contributed by atoms with Gasteiger partial charge in [-0.1, -0.05) is 13.8 Å². The van der Waals surface area contributed by atoms with Gasteiger partial charge in [-0.05, 0) is 19.8 Å². The van der Waals surface area contributed by atoms with Crippen molar-refractivity contribution in [2.45, 2.75) is 52.2 Å². The third kappa shape index (κ3) is 4.30. The first-order valence-electron chi connectivity index (χ1n) is 7.68. The molecule has 1 unspecified atom stereocenters. The standard InChI is InChI=1S/C15H30N4O/c1-5-14(6-2)19(8-9-20-4)15(10-16)13-11-17-18(7-3)12-13/h11-12,14-15H,5-10,16H2,1-4H3. The Bertz CT molecular complexity index is 363. The number of aromatic nitrogens is 2. The van der Waals surface area contributed by atoms with E-state index in [1.165, 1.54) is 5.56 Å². The lowest BCUT2D eigenvalue weighted by Gasteiger charge is -2.36. The highest BCUT2D eigenvalue weighted by atomic mass is 16.5. The van der Waals surface area contributed by atoms with Crippen LogP contribution in [0.2, 0.25) is 0 Å². The van der Waals surface area contributed by atoms with Crippen LogP contribution in [0.4, 0.5) is 0 Å². The molecule has 0 bridgehead atoms. The predicted molar refractivity (Wildman–Crippen MR) is 82.6 cm³/mol. The third-order valence-electron chi connectivity index (χ3n) is 3.95. The molecule has 0 aliphatic heterocycles. The molecule has 0 saturated carbocycles. The monoisotopic (exact) mass is 282 g/mol. The average molecular weight is 282 g/mol. The van der Waals surface area contributed by atoms with E-state index in [9.17, 15) is 0 Å². The Morgan fingerprint density at radius 3 is 2.50 bits per heavy atom. The number of nitrogens with zero attached hydrogens (tertiary/aromatic N) is 3. The molecule has 1 heterocycles. The van der Waals surface area contributed by atoms with Crippen molar-refractivity contribution in [1.29, 1.82) is 0 Å². The van der Waals surface area contributed by atoms with Gasteiger partial charge in [0.05, 0.1) is 18.8 Å². The van der Waals surface area contributed by atoms with Crippen molar-refractivity contribution in [2.75, 3.05) is 26.8 Å². The summed E-state index contributed by atoms with van der Waals surface area (Å²) in [7, 11) is 1.75. The topological polar surface area (TPSA) is 56.3 Å². The summed E-state index contributed by atoms with van der Waals surface area (Å²) in [4.78, 5) is 2.47. The Labute approximate surface area is 123 Å². The number of hydrogen-bond acceptors (Lipinski definition) is 4. The van der Waals surface area contributed by atoms with E-state index in [1.807, 2.05) is 10.9 Å². The molecule has 0 saturated heterocycles. The van der Waals surface area contributed by atoms with Crippen molar-refractivity contribution in [3.05, 3.63) is 18.0 Å². The maximum Gasteiger partial charge on any atom is 0.0590 e. The van der Waals surface area contributed by atoms with Crippen molar-refractivity contribution >= 4 is 0 Å². The SMILES string of the molecule is CCC(CC)N(CCOC)C(CN)c1cnn(CC)c1. The van der Waals surface area contributed by atoms with Crippen LogP contribution < -0.4 is 5.73 Å². The summed E-state index contributed by atoms with van der Waals surface area (Å²) in [6.45, 7) is 9.69. The fourth-order valence-electron chi connectivity index (χ4n) is 2.73. The molecule has 1 rings (SSSR count). The van der Waals surface area contributed by atoms with Crippen LogP contribution in [-0.2, 0) is 11.3 Å². The van der Waals surface area contributed by atoms with Gasteiger partial charge >= 0.3 is 0 Å². The second-order valence-electron chi connectivity index (χ2n) is 5.08. The van der Waals surface area contributed by atoms with Gasteiger partial charge in [0, 0.05) is 44.5 Å². The highest BCUT2D eigenvalue weighted by Gasteiger charge is 2.25. The molecule has 1 aromatic rings. The highest BCUT2D eigenvalue weighted by molar-refractivity contribution is 5.12. The first-order chi connectivity index (χ1) is 9.71. The molecule has 0 aromatic carbocycles. The van der Waals surface area contributed by atoms with Crippen LogP contribution >= 0.6 is 0 Å². The predicted octanol–water partition coefficient (Wildman–Crippen LogP) is 2.04. The largest absolute Gasteiger partial charge is 0.383 e. The Kier molecular flexibility index (Phi) is 7.80. The molecule has 0 aliphatic rings. The first-order valence-corrected chi connectivity index (χ1v) is 7.68. The number of aryl methyl sites for hydroxylation is 1. The summed E-state index contributed by atoms with van der Waals surface area (Å²) in [6, 6.07) is 0.749. The molecule has 5 heteroatoms. The van der Waals surface area contributed by atoms with E-state index in [0.717, 1.165) is 32.5 Å². The number of nitrogens with two attached hydrogens (primary N) is 1. The summed E-state index contributed by atoms with van der Waals surface area (Å²) in [5, 5.41) is 4.38. The minimum absolute atomic E-state index is 0.218. The smallest absolute Gasteiger partial charge is 0.0590 e. The summed E-state index contributed by atoms with van der Waals surface area (Å²) >= 11 is 0. The van der Waals surface area contributed by atoms with Crippen LogP contribution in [0.15, 0.2) is 12.4 Å². The number of hydrogen-bond donors (Lipinski definition) is 1. The normalized spacial score (nSPS) is 13.3. The summed E-state index contributed by atoms with van der Waals surface area (Å²) in [5.74, 6) is 0. The zero-order valence-corrected chi connectivity index (χ0v) is 13.4. The number of ether oxygens (including phenoxy) is 1. The molecule has 0 amide bonds. The van der Waals surface area contributed by atoms with Gasteiger partial charge in [-0.2, -0.15) is 5.10 Å². The lowest BCUT2D eigenvalue weighted by molar-refractivity contribution is 0.0817. The van der Waals surface area contributed by atoms with E-state index < -0.39 is 0 Å². The van der Waals surface area contributed by atoms with Crippen molar-refractivity contribution < 1.29 is 4.74 Å². The van der Waals surface area contributed by atoms with Gasteiger partial charge < -0.3 is 10.5 Å². The van der Waals surface area contributed by atoms with Gasteiger partial charge in [-0.15, -0.1) is 0 Å². The molecular weight excluding hydrogens is 252 g/mol. The highest BCUT2D eigenvalue weighted by Crippen LogP contribution is 2.24. The number of methoxy groups -OCH3 is 1. The second kappa shape index (κ2) is 9.10. The number of rotatable bonds is 10. The molecule has 5 nitrogen and oxygen atoms in total. The molecule has 1 aromatic heterocycles. The Hall–Kier alpha value is -0.910. The van der Waals surface area contributed by atoms with Crippen molar-refractivity contribution in [2.24, 2.45) is 5.73 Å². The fraction of sp³-hybridized carbons (Fsp3) is 0.800. The second-order valence-corrected chi connectivity index (χ2v) is 5.08. The lowest BCUT2D eigenvalue weighted by Crippen LogP contribution is -2.42. The van der Waals surface area contributed by atoms with Crippen LogP contribution in [0.3, 0.4) is 0 Å². The minimum atomic E-state index is 0.218. The van der Waals surface area contributed by atoms with E-state index in [4.69, 9.17) is 10.5 Å². The van der Waals surface area contributed by atoms with Crippen LogP contribution in [0.25, 0.3) is 0 Å². The third-order valence-corrected chi connectivity index (χ3v) is 3.95. The zero-order chi connectivity index (χ0) is 15.0. The van der Waals surface area contributed by atoms with Crippen LogP contribution in [0.5, 0.6) is 0 Å². The van der Waals surface area contributed by atoms with E-state index in [0.29, 0.717) is 12.6 Å². The fourth-order valence-corrected chi connectivity index (χ4v) is 2.73. The maximum absolute atomic E-state index is 6.06. The van der Waals surface area contributed by atoms with Crippen LogP contribution in [-0.4, -0.2) is 47.5 Å². The van der Waals surface area contributed by atoms with Gasteiger partial charge in [0.15, 0.2) is 0 Å². The van der Waals surface area contributed by atoms with Gasteiger partial charge in [-0.3, -0.25) is 9.58 Å². The lowest BCUT2D eigenvalue weighted by atomic mass is 10.0. The van der Waals surface area contributed by atoms with Crippen molar-refractivity contribution in [3.8, 4) is 0 Å². The maximum atomic E-state index is 6.06. The first kappa shape index (κ1) is 17.1.